The molecule has 0 unspecified atom stereocenters. The van der Waals surface area contributed by atoms with Crippen LogP contribution < -0.4 is 16.2 Å². The highest BCUT2D eigenvalue weighted by atomic mass is 32.1. The lowest BCUT2D eigenvalue weighted by molar-refractivity contribution is 0.332. The third kappa shape index (κ3) is 6.48. The number of rotatable bonds is 5. The second kappa shape index (κ2) is 15.7. The Morgan fingerprint density at radius 3 is 1.97 bits per heavy atom. The van der Waals surface area contributed by atoms with E-state index in [-0.39, 0.29) is 21.7 Å². The standard InChI is InChI=1S/C71H61BN2OS/c1-68(2,3)42-28-30-43(31-29-42)73-55-37-51-46(44-24-16-18-26-50(44)71(51,8)9)34-47(55)61-62-45-25-17-19-27-59(45)76-67(62)63-48-35-52-53(70(6,7)33-32-69(52,4)5)38-56(48)74-57-36-49-58(39-54(57)72-64(61)65(63)74)75-66(41-22-14-11-15-23-41)60(49)40-20-12-10-13-21-40/h10-31,34-39,72-73H,32-33H2,1-9H3. The van der Waals surface area contributed by atoms with Crippen LogP contribution in [0.25, 0.3) is 103 Å². The summed E-state index contributed by atoms with van der Waals surface area (Å²) < 4.78 is 12.6. The molecule has 12 aromatic rings. The van der Waals surface area contributed by atoms with Crippen LogP contribution in [0.15, 0.2) is 174 Å². The lowest BCUT2D eigenvalue weighted by Gasteiger charge is -2.42. The van der Waals surface area contributed by atoms with E-state index in [1.54, 1.807) is 0 Å². The fourth-order valence-corrected chi connectivity index (χ4v) is 15.3. The molecule has 4 heterocycles. The highest BCUT2D eigenvalue weighted by molar-refractivity contribution is 7.27. The van der Waals surface area contributed by atoms with Gasteiger partial charge in [0.05, 0.1) is 11.0 Å². The van der Waals surface area contributed by atoms with Crippen molar-refractivity contribution in [1.29, 1.82) is 0 Å². The Morgan fingerprint density at radius 2 is 1.24 bits per heavy atom. The van der Waals surface area contributed by atoms with Crippen LogP contribution in [-0.4, -0.2) is 11.8 Å². The maximum atomic E-state index is 7.19. The topological polar surface area (TPSA) is 30.1 Å². The average molecular weight is 1000 g/mol. The van der Waals surface area contributed by atoms with Gasteiger partial charge in [0.25, 0.3) is 0 Å². The summed E-state index contributed by atoms with van der Waals surface area (Å²) in [7, 11) is 0.741. The smallest absolute Gasteiger partial charge is 0.198 e. The molecule has 5 heteroatoms. The molecule has 0 spiro atoms. The minimum atomic E-state index is -0.183. The zero-order valence-electron chi connectivity index (χ0n) is 45.1. The number of aromatic nitrogens is 1. The molecule has 15 rings (SSSR count). The van der Waals surface area contributed by atoms with Crippen molar-refractivity contribution in [3.8, 4) is 50.4 Å². The van der Waals surface area contributed by atoms with E-state index >= 15 is 0 Å². The van der Waals surface area contributed by atoms with Gasteiger partial charge in [0.1, 0.15) is 11.3 Å². The van der Waals surface area contributed by atoms with Crippen molar-refractivity contribution in [3.05, 3.63) is 198 Å². The summed E-state index contributed by atoms with van der Waals surface area (Å²) in [6.07, 6.45) is 2.31. The maximum Gasteiger partial charge on any atom is 0.198 e. The highest BCUT2D eigenvalue weighted by Crippen LogP contribution is 2.56. The molecule has 2 aliphatic carbocycles. The van der Waals surface area contributed by atoms with Gasteiger partial charge in [-0.3, -0.25) is 0 Å². The Morgan fingerprint density at radius 1 is 0.566 bits per heavy atom. The van der Waals surface area contributed by atoms with E-state index in [0.29, 0.717) is 0 Å². The van der Waals surface area contributed by atoms with Crippen LogP contribution in [-0.2, 0) is 21.7 Å². The van der Waals surface area contributed by atoms with E-state index in [0.717, 1.165) is 64.9 Å². The zero-order valence-corrected chi connectivity index (χ0v) is 45.9. The van der Waals surface area contributed by atoms with Gasteiger partial charge in [-0.15, -0.1) is 11.3 Å². The van der Waals surface area contributed by atoms with Crippen LogP contribution >= 0.6 is 11.3 Å². The van der Waals surface area contributed by atoms with Crippen molar-refractivity contribution in [1.82, 2.24) is 4.57 Å². The van der Waals surface area contributed by atoms with Gasteiger partial charge in [-0.25, -0.2) is 0 Å². The molecule has 3 aliphatic rings. The summed E-state index contributed by atoms with van der Waals surface area (Å²) in [4.78, 5) is 0. The first-order valence-corrected chi connectivity index (χ1v) is 28.2. The van der Waals surface area contributed by atoms with Crippen LogP contribution in [0.4, 0.5) is 11.4 Å². The normalized spacial score (nSPS) is 15.8. The van der Waals surface area contributed by atoms with E-state index in [9.17, 15) is 0 Å². The molecule has 0 saturated carbocycles. The molecule has 0 radical (unpaired) electrons. The Balaban J connectivity index is 1.11. The third-order valence-corrected chi connectivity index (χ3v) is 19.4. The number of nitrogens with zero attached hydrogens (tertiary/aromatic N) is 1. The van der Waals surface area contributed by atoms with E-state index in [1.165, 1.54) is 109 Å². The first-order valence-electron chi connectivity index (χ1n) is 27.4. The monoisotopic (exact) mass is 1000 g/mol. The number of hydrogen-bond acceptors (Lipinski definition) is 3. The van der Waals surface area contributed by atoms with Crippen molar-refractivity contribution in [2.45, 2.75) is 96.8 Å². The molecule has 370 valence electrons. The molecule has 3 nitrogen and oxygen atoms in total. The highest BCUT2D eigenvalue weighted by Gasteiger charge is 2.41. The van der Waals surface area contributed by atoms with Crippen molar-refractivity contribution in [2.75, 3.05) is 5.32 Å². The number of benzene rings is 9. The van der Waals surface area contributed by atoms with E-state index < -0.39 is 0 Å². The number of hydrogen-bond donors (Lipinski definition) is 1. The summed E-state index contributed by atoms with van der Waals surface area (Å²) in [5.41, 5.74) is 25.1. The van der Waals surface area contributed by atoms with Crippen molar-refractivity contribution < 1.29 is 4.42 Å². The van der Waals surface area contributed by atoms with Crippen LogP contribution in [0.3, 0.4) is 0 Å². The average Bonchev–Trinajstić information content (AvgIpc) is 4.14. The number of thiophene rings is 1. The molecule has 9 aromatic carbocycles. The Labute approximate surface area is 450 Å². The largest absolute Gasteiger partial charge is 0.455 e. The number of furan rings is 1. The van der Waals surface area contributed by atoms with Crippen LogP contribution in [0.2, 0.25) is 0 Å². The van der Waals surface area contributed by atoms with Gasteiger partial charge in [0.2, 0.25) is 0 Å². The molecular weight excluding hydrogens is 940 g/mol. The molecule has 0 atom stereocenters. The van der Waals surface area contributed by atoms with E-state index in [2.05, 4.69) is 242 Å². The van der Waals surface area contributed by atoms with Crippen LogP contribution in [0.1, 0.15) is 103 Å². The van der Waals surface area contributed by atoms with E-state index in [1.807, 2.05) is 11.3 Å². The van der Waals surface area contributed by atoms with Crippen molar-refractivity contribution in [3.63, 3.8) is 0 Å². The summed E-state index contributed by atoms with van der Waals surface area (Å²) in [6.45, 7) is 21.6. The first-order chi connectivity index (χ1) is 36.5. The summed E-state index contributed by atoms with van der Waals surface area (Å²) in [5, 5.41) is 10.6. The van der Waals surface area contributed by atoms with Crippen LogP contribution in [0, 0.1) is 0 Å². The molecule has 0 bridgehead atoms. The Kier molecular flexibility index (Phi) is 9.48. The van der Waals surface area contributed by atoms with Crippen LogP contribution in [0.5, 0.6) is 0 Å². The second-order valence-electron chi connectivity index (χ2n) is 25.2. The number of fused-ring (bicyclic) bond motifs is 14. The van der Waals surface area contributed by atoms with Gasteiger partial charge >= 0.3 is 0 Å². The molecule has 0 fully saturated rings. The van der Waals surface area contributed by atoms with Gasteiger partial charge in [-0.05, 0) is 139 Å². The van der Waals surface area contributed by atoms with Crippen molar-refractivity contribution >= 4 is 93.9 Å². The first kappa shape index (κ1) is 45.8. The lowest BCUT2D eigenvalue weighted by atomic mass is 9.58. The van der Waals surface area contributed by atoms with Gasteiger partial charge in [0, 0.05) is 75.5 Å². The zero-order chi connectivity index (χ0) is 51.8. The van der Waals surface area contributed by atoms with Gasteiger partial charge < -0.3 is 14.3 Å². The summed E-state index contributed by atoms with van der Waals surface area (Å²) in [5.74, 6) is 0.905. The molecule has 0 saturated heterocycles. The van der Waals surface area contributed by atoms with Gasteiger partial charge in [0.15, 0.2) is 7.28 Å². The van der Waals surface area contributed by atoms with Gasteiger partial charge in [-0.1, -0.05) is 183 Å². The number of nitrogens with one attached hydrogen (secondary N) is 1. The molecular formula is C71H61BN2OS. The molecule has 0 amide bonds. The Hall–Kier alpha value is -7.60. The maximum absolute atomic E-state index is 7.19. The predicted molar refractivity (Wildman–Crippen MR) is 327 cm³/mol. The fraction of sp³-hybridized carbons (Fsp3) is 0.211. The summed E-state index contributed by atoms with van der Waals surface area (Å²) in [6, 6.07) is 64.2. The molecule has 76 heavy (non-hydrogen) atoms. The second-order valence-corrected chi connectivity index (χ2v) is 26.2. The fourth-order valence-electron chi connectivity index (χ4n) is 14.0. The third-order valence-electron chi connectivity index (χ3n) is 18.2. The quantitative estimate of drug-likeness (QED) is 0.174. The molecule has 1 N–H and O–H groups in total. The molecule has 3 aromatic heterocycles. The SMILES string of the molecule is CC(C)(C)c1ccc(Nc2cc3c(cc2-c2c4c5c(c6cc7c(cc6n5-c5cc6c(-c8ccccc8)c(-c8ccccc8)oc6cc5B4)C(C)(C)CCC7(C)C)c4sc5ccccc5c24)-c2ccccc2C3(C)C)cc1. The lowest BCUT2D eigenvalue weighted by Crippen LogP contribution is -2.37. The van der Waals surface area contributed by atoms with E-state index in [4.69, 9.17) is 4.42 Å². The summed E-state index contributed by atoms with van der Waals surface area (Å²) >= 11 is 1.97. The molecule has 1 aliphatic heterocycles. The minimum absolute atomic E-state index is 0.0217. The Bertz CT molecular complexity index is 4440. The predicted octanol–water partition coefficient (Wildman–Crippen LogP) is 18.3. The number of anilines is 2. The van der Waals surface area contributed by atoms with Gasteiger partial charge in [-0.2, -0.15) is 0 Å². The minimum Gasteiger partial charge on any atom is -0.455 e. The van der Waals surface area contributed by atoms with Crippen molar-refractivity contribution in [2.24, 2.45) is 0 Å².